The molecule has 0 aliphatic carbocycles. The number of aliphatic hydroxyl groups excluding tert-OH is 5. The molecule has 4 atom stereocenters. The number of nitrogens with zero attached hydrogens (tertiary/aromatic N) is 3. The summed E-state index contributed by atoms with van der Waals surface area (Å²) < 4.78 is 0. The Morgan fingerprint density at radius 3 is 2.35 bits per heavy atom. The molecule has 17 heavy (non-hydrogen) atoms. The van der Waals surface area contributed by atoms with E-state index in [1.165, 1.54) is 0 Å². The van der Waals surface area contributed by atoms with Crippen LogP contribution in [0.5, 0.6) is 0 Å². The van der Waals surface area contributed by atoms with Crippen molar-refractivity contribution in [3.8, 4) is 0 Å². The van der Waals surface area contributed by atoms with Crippen molar-refractivity contribution < 1.29 is 30.3 Å². The molecule has 0 saturated carbocycles. The predicted octanol–water partition coefficient (Wildman–Crippen LogP) is -2.31. The van der Waals surface area contributed by atoms with Gasteiger partial charge in [0.25, 0.3) is 0 Å². The lowest BCUT2D eigenvalue weighted by atomic mass is 9.99. The van der Waals surface area contributed by atoms with Gasteiger partial charge < -0.3 is 25.5 Å². The number of aliphatic hydroxyl groups is 5. The van der Waals surface area contributed by atoms with E-state index in [2.05, 4.69) is 10.0 Å². The van der Waals surface area contributed by atoms with Crippen LogP contribution in [0.1, 0.15) is 6.42 Å². The van der Waals surface area contributed by atoms with Gasteiger partial charge in [-0.25, -0.2) is 0 Å². The lowest BCUT2D eigenvalue weighted by Gasteiger charge is -2.22. The Balaban J connectivity index is 4.32. The first-order chi connectivity index (χ1) is 7.95. The Bertz CT molecular complexity index is 293. The van der Waals surface area contributed by atoms with Gasteiger partial charge in [-0.1, -0.05) is 5.11 Å². The van der Waals surface area contributed by atoms with E-state index in [0.29, 0.717) is 0 Å². The van der Waals surface area contributed by atoms with Gasteiger partial charge in [-0.15, -0.1) is 0 Å². The van der Waals surface area contributed by atoms with Crippen LogP contribution in [-0.2, 0) is 4.79 Å². The minimum atomic E-state index is -2.02. The number of hydrogen-bond acceptors (Lipinski definition) is 7. The number of Topliss-reactive ketones (excluding diaryl/α,β-unsaturated/α-hetero) is 1. The summed E-state index contributed by atoms with van der Waals surface area (Å²) in [5.74, 6) is -1.11. The van der Waals surface area contributed by atoms with E-state index in [0.717, 1.165) is 0 Å². The van der Waals surface area contributed by atoms with Crippen molar-refractivity contribution in [1.29, 1.82) is 0 Å². The summed E-state index contributed by atoms with van der Waals surface area (Å²) >= 11 is 0. The lowest BCUT2D eigenvalue weighted by Crippen LogP contribution is -2.47. The van der Waals surface area contributed by atoms with Gasteiger partial charge in [0.05, 0.1) is 6.61 Å². The van der Waals surface area contributed by atoms with E-state index < -0.39 is 36.8 Å². The standard InChI is InChI=1S/C8H15N3O6/c9-11-10-2-1-4(13)6(15)8(17)7(16)5(14)3-12/h4-5,7-8,12-14,16-17H,1-3H2/t4?,5-,7-,8-/m1/s1. The molecule has 0 spiro atoms. The molecule has 0 amide bonds. The van der Waals surface area contributed by atoms with Crippen LogP contribution >= 0.6 is 0 Å². The smallest absolute Gasteiger partial charge is 0.192 e. The summed E-state index contributed by atoms with van der Waals surface area (Å²) in [5, 5.41) is 48.3. The summed E-state index contributed by atoms with van der Waals surface area (Å²) in [5.41, 5.74) is 7.96. The molecular formula is C8H15N3O6. The van der Waals surface area contributed by atoms with Crippen LogP contribution in [0.15, 0.2) is 5.11 Å². The molecule has 9 heteroatoms. The molecule has 0 bridgehead atoms. The highest BCUT2D eigenvalue weighted by atomic mass is 16.4. The molecule has 0 aliphatic heterocycles. The van der Waals surface area contributed by atoms with Crippen LogP contribution < -0.4 is 0 Å². The zero-order chi connectivity index (χ0) is 13.4. The first-order valence-corrected chi connectivity index (χ1v) is 4.83. The molecule has 5 N–H and O–H groups in total. The Kier molecular flexibility index (Phi) is 7.39. The molecule has 0 heterocycles. The maximum atomic E-state index is 11.3. The summed E-state index contributed by atoms with van der Waals surface area (Å²) in [6, 6.07) is 0. The second-order valence-electron chi connectivity index (χ2n) is 3.35. The monoisotopic (exact) mass is 249 g/mol. The molecule has 98 valence electrons. The number of rotatable bonds is 8. The number of carbonyl (C=O) groups excluding carboxylic acids is 1. The van der Waals surface area contributed by atoms with Crippen molar-refractivity contribution >= 4 is 5.78 Å². The highest BCUT2D eigenvalue weighted by Crippen LogP contribution is 2.06. The number of azide groups is 1. The van der Waals surface area contributed by atoms with Crippen molar-refractivity contribution in [2.75, 3.05) is 13.2 Å². The van der Waals surface area contributed by atoms with Crippen LogP contribution in [0.25, 0.3) is 10.4 Å². The van der Waals surface area contributed by atoms with Crippen molar-refractivity contribution in [3.05, 3.63) is 10.4 Å². The molecule has 9 nitrogen and oxygen atoms in total. The Labute approximate surface area is 96.6 Å². The highest BCUT2D eigenvalue weighted by Gasteiger charge is 2.33. The van der Waals surface area contributed by atoms with E-state index in [9.17, 15) is 20.1 Å². The topological polar surface area (TPSA) is 167 Å². The average Bonchev–Trinajstić information content (AvgIpc) is 2.35. The third-order valence-corrected chi connectivity index (χ3v) is 2.09. The van der Waals surface area contributed by atoms with E-state index in [1.54, 1.807) is 0 Å². The zero-order valence-electron chi connectivity index (χ0n) is 8.92. The van der Waals surface area contributed by atoms with Crippen LogP contribution in [0.2, 0.25) is 0 Å². The number of carbonyl (C=O) groups is 1. The quantitative estimate of drug-likeness (QED) is 0.184. The summed E-state index contributed by atoms with van der Waals surface area (Å²) in [4.78, 5) is 13.7. The third-order valence-electron chi connectivity index (χ3n) is 2.09. The SMILES string of the molecule is [N-]=[N+]=NCCC(O)C(=O)[C@@H](O)[C@H](O)[C@H](O)CO. The maximum Gasteiger partial charge on any atom is 0.192 e. The fourth-order valence-corrected chi connectivity index (χ4v) is 1.05. The van der Waals surface area contributed by atoms with Crippen LogP contribution in [-0.4, -0.2) is 68.9 Å². The fourth-order valence-electron chi connectivity index (χ4n) is 1.05. The molecule has 0 fully saturated rings. The molecule has 0 aliphatic rings. The largest absolute Gasteiger partial charge is 0.394 e. The van der Waals surface area contributed by atoms with E-state index in [-0.39, 0.29) is 13.0 Å². The van der Waals surface area contributed by atoms with Crippen LogP contribution in [0, 0.1) is 0 Å². The van der Waals surface area contributed by atoms with E-state index in [4.69, 9.17) is 15.7 Å². The van der Waals surface area contributed by atoms with Crippen molar-refractivity contribution in [2.24, 2.45) is 5.11 Å². The van der Waals surface area contributed by atoms with Gasteiger partial charge in [-0.05, 0) is 12.0 Å². The minimum absolute atomic E-state index is 0.144. The summed E-state index contributed by atoms with van der Waals surface area (Å²) in [7, 11) is 0. The number of hydrogen-bond donors (Lipinski definition) is 5. The fraction of sp³-hybridized carbons (Fsp3) is 0.875. The summed E-state index contributed by atoms with van der Waals surface area (Å²) in [6.07, 6.45) is -7.41. The first kappa shape index (κ1) is 15.8. The van der Waals surface area contributed by atoms with E-state index >= 15 is 0 Å². The third kappa shape index (κ3) is 5.09. The van der Waals surface area contributed by atoms with Gasteiger partial charge in [0.2, 0.25) is 0 Å². The lowest BCUT2D eigenvalue weighted by molar-refractivity contribution is -0.148. The molecular weight excluding hydrogens is 234 g/mol. The normalized spacial score (nSPS) is 17.7. The summed E-state index contributed by atoms with van der Waals surface area (Å²) in [6.45, 7) is -0.977. The molecule has 0 aromatic rings. The van der Waals surface area contributed by atoms with Crippen molar-refractivity contribution in [3.63, 3.8) is 0 Å². The van der Waals surface area contributed by atoms with E-state index in [1.807, 2.05) is 0 Å². The average molecular weight is 249 g/mol. The van der Waals surface area contributed by atoms with Gasteiger partial charge in [-0.3, -0.25) is 4.79 Å². The van der Waals surface area contributed by atoms with Gasteiger partial charge in [-0.2, -0.15) is 0 Å². The Morgan fingerprint density at radius 1 is 1.29 bits per heavy atom. The Morgan fingerprint density at radius 2 is 1.88 bits per heavy atom. The number of ketones is 1. The highest BCUT2D eigenvalue weighted by molar-refractivity contribution is 5.87. The minimum Gasteiger partial charge on any atom is -0.394 e. The van der Waals surface area contributed by atoms with Crippen molar-refractivity contribution in [1.82, 2.24) is 0 Å². The van der Waals surface area contributed by atoms with Crippen LogP contribution in [0.4, 0.5) is 0 Å². The molecule has 0 saturated heterocycles. The molecule has 1 unspecified atom stereocenters. The molecule has 0 rings (SSSR count). The maximum absolute atomic E-state index is 11.3. The van der Waals surface area contributed by atoms with Gasteiger partial charge in [0.1, 0.15) is 24.4 Å². The van der Waals surface area contributed by atoms with Crippen molar-refractivity contribution in [2.45, 2.75) is 30.8 Å². The molecule has 0 aromatic heterocycles. The Hall–Kier alpha value is -1.22. The first-order valence-electron chi connectivity index (χ1n) is 4.83. The van der Waals surface area contributed by atoms with Crippen LogP contribution in [0.3, 0.4) is 0 Å². The second-order valence-corrected chi connectivity index (χ2v) is 3.35. The van der Waals surface area contributed by atoms with Gasteiger partial charge in [0, 0.05) is 11.5 Å². The molecule has 0 aromatic carbocycles. The zero-order valence-corrected chi connectivity index (χ0v) is 8.92. The molecule has 0 radical (unpaired) electrons. The van der Waals surface area contributed by atoms with Gasteiger partial charge in [0.15, 0.2) is 5.78 Å². The van der Waals surface area contributed by atoms with Gasteiger partial charge >= 0.3 is 0 Å². The second kappa shape index (κ2) is 7.96. The predicted molar refractivity (Wildman–Crippen MR) is 54.8 cm³/mol.